The highest BCUT2D eigenvalue weighted by molar-refractivity contribution is 14.1. The Morgan fingerprint density at radius 2 is 2.08 bits per heavy atom. The summed E-state index contributed by atoms with van der Waals surface area (Å²) >= 11 is 8.19. The Balaban J connectivity index is 2.52. The molecule has 0 aromatic heterocycles. The molecule has 0 spiro atoms. The molecule has 2 rings (SSSR count). The van der Waals surface area contributed by atoms with Gasteiger partial charge >= 0.3 is 0 Å². The van der Waals surface area contributed by atoms with Gasteiger partial charge in [-0.1, -0.05) is 18.5 Å². The van der Waals surface area contributed by atoms with Crippen molar-refractivity contribution < 1.29 is 5.11 Å². The van der Waals surface area contributed by atoms with Crippen LogP contribution in [0.3, 0.4) is 0 Å². The quantitative estimate of drug-likeness (QED) is 0.784. The van der Waals surface area contributed by atoms with E-state index in [-0.39, 0.29) is 11.2 Å². The van der Waals surface area contributed by atoms with E-state index in [2.05, 4.69) is 29.5 Å². The first-order chi connectivity index (χ1) is 6.03. The maximum atomic E-state index is 9.42. The van der Waals surface area contributed by atoms with Crippen LogP contribution in [-0.4, -0.2) is 5.11 Å². The molecule has 1 aromatic carbocycles. The SMILES string of the molecule is CC1(c2cc(I)c(O)cc2Cl)CC1. The van der Waals surface area contributed by atoms with Gasteiger partial charge in [-0.3, -0.25) is 0 Å². The summed E-state index contributed by atoms with van der Waals surface area (Å²) in [5.74, 6) is 0.276. The van der Waals surface area contributed by atoms with E-state index in [1.54, 1.807) is 6.07 Å². The van der Waals surface area contributed by atoms with Gasteiger partial charge in [0.05, 0.1) is 3.57 Å². The summed E-state index contributed by atoms with van der Waals surface area (Å²) in [7, 11) is 0. The van der Waals surface area contributed by atoms with Gasteiger partial charge < -0.3 is 5.11 Å². The Hall–Kier alpha value is 0.0400. The lowest BCUT2D eigenvalue weighted by Gasteiger charge is -2.12. The van der Waals surface area contributed by atoms with Gasteiger partial charge in [-0.2, -0.15) is 0 Å². The van der Waals surface area contributed by atoms with Crippen LogP contribution in [0.15, 0.2) is 12.1 Å². The van der Waals surface area contributed by atoms with Crippen molar-refractivity contribution in [1.82, 2.24) is 0 Å². The first kappa shape index (κ1) is 9.59. The highest BCUT2D eigenvalue weighted by Gasteiger charge is 2.40. The molecule has 70 valence electrons. The molecule has 0 unspecified atom stereocenters. The first-order valence-corrected chi connectivity index (χ1v) is 5.67. The minimum Gasteiger partial charge on any atom is -0.507 e. The molecule has 1 N–H and O–H groups in total. The van der Waals surface area contributed by atoms with Gasteiger partial charge in [0.25, 0.3) is 0 Å². The lowest BCUT2D eigenvalue weighted by atomic mass is 9.98. The van der Waals surface area contributed by atoms with Crippen LogP contribution in [-0.2, 0) is 5.41 Å². The van der Waals surface area contributed by atoms with Gasteiger partial charge in [0.15, 0.2) is 0 Å². The standard InChI is InChI=1S/C10H10ClIO/c1-10(2-3-10)6-4-8(12)9(13)5-7(6)11/h4-5,13H,2-3H2,1H3. The number of hydrogen-bond acceptors (Lipinski definition) is 1. The smallest absolute Gasteiger partial charge is 0.130 e. The number of halogens is 2. The Morgan fingerprint density at radius 1 is 1.46 bits per heavy atom. The Bertz CT molecular complexity index is 358. The van der Waals surface area contributed by atoms with E-state index in [0.29, 0.717) is 5.02 Å². The van der Waals surface area contributed by atoms with Gasteiger partial charge in [0.1, 0.15) is 5.75 Å². The third-order valence-corrected chi connectivity index (χ3v) is 3.86. The highest BCUT2D eigenvalue weighted by atomic mass is 127. The normalized spacial score (nSPS) is 18.7. The van der Waals surface area contributed by atoms with Gasteiger partial charge in [0.2, 0.25) is 0 Å². The number of hydrogen-bond donors (Lipinski definition) is 1. The maximum Gasteiger partial charge on any atom is 0.130 e. The Kier molecular flexibility index (Phi) is 2.23. The van der Waals surface area contributed by atoms with E-state index in [9.17, 15) is 5.11 Å². The summed E-state index contributed by atoms with van der Waals surface area (Å²) in [4.78, 5) is 0. The largest absolute Gasteiger partial charge is 0.507 e. The van der Waals surface area contributed by atoms with Crippen LogP contribution in [0.4, 0.5) is 0 Å². The third kappa shape index (κ3) is 1.66. The summed E-state index contributed by atoms with van der Waals surface area (Å²) in [5, 5.41) is 10.1. The van der Waals surface area contributed by atoms with E-state index < -0.39 is 0 Å². The summed E-state index contributed by atoms with van der Waals surface area (Å²) < 4.78 is 0.880. The van der Waals surface area contributed by atoms with E-state index in [4.69, 9.17) is 11.6 Å². The lowest BCUT2D eigenvalue weighted by Crippen LogP contribution is -2.01. The fourth-order valence-corrected chi connectivity index (χ4v) is 2.31. The van der Waals surface area contributed by atoms with Crippen LogP contribution in [0.25, 0.3) is 0 Å². The number of rotatable bonds is 1. The molecule has 3 heteroatoms. The second-order valence-corrected chi connectivity index (χ2v) is 5.41. The monoisotopic (exact) mass is 308 g/mol. The van der Waals surface area contributed by atoms with Crippen molar-refractivity contribution >= 4 is 34.2 Å². The van der Waals surface area contributed by atoms with Crippen molar-refractivity contribution in [2.24, 2.45) is 0 Å². The minimum absolute atomic E-state index is 0.269. The van der Waals surface area contributed by atoms with Crippen LogP contribution in [0.2, 0.25) is 5.02 Å². The van der Waals surface area contributed by atoms with Crippen LogP contribution in [0, 0.1) is 3.57 Å². The zero-order valence-corrected chi connectivity index (χ0v) is 10.2. The molecule has 0 amide bonds. The van der Waals surface area contributed by atoms with Crippen molar-refractivity contribution in [1.29, 1.82) is 0 Å². The number of phenols is 1. The molecule has 0 atom stereocenters. The van der Waals surface area contributed by atoms with E-state index in [1.807, 2.05) is 6.07 Å². The Morgan fingerprint density at radius 3 is 2.62 bits per heavy atom. The van der Waals surface area contributed by atoms with Gasteiger partial charge in [0, 0.05) is 5.02 Å². The first-order valence-electron chi connectivity index (χ1n) is 4.21. The van der Waals surface area contributed by atoms with Crippen molar-refractivity contribution in [3.63, 3.8) is 0 Å². The van der Waals surface area contributed by atoms with Crippen molar-refractivity contribution in [2.75, 3.05) is 0 Å². The Labute approximate surface area is 96.2 Å². The molecule has 1 fully saturated rings. The van der Waals surface area contributed by atoms with Gasteiger partial charge in [-0.25, -0.2) is 0 Å². The minimum atomic E-state index is 0.269. The van der Waals surface area contributed by atoms with Crippen molar-refractivity contribution in [3.8, 4) is 5.75 Å². The molecule has 0 radical (unpaired) electrons. The second-order valence-electron chi connectivity index (χ2n) is 3.84. The topological polar surface area (TPSA) is 20.2 Å². The van der Waals surface area contributed by atoms with Crippen molar-refractivity contribution in [2.45, 2.75) is 25.2 Å². The fourth-order valence-electron chi connectivity index (χ4n) is 1.46. The van der Waals surface area contributed by atoms with Crippen LogP contribution in [0.1, 0.15) is 25.3 Å². The highest BCUT2D eigenvalue weighted by Crippen LogP contribution is 2.50. The number of benzene rings is 1. The van der Waals surface area contributed by atoms with Gasteiger partial charge in [-0.15, -0.1) is 0 Å². The molecule has 0 heterocycles. The average Bonchev–Trinajstić information content (AvgIpc) is 2.77. The number of phenolic OH excluding ortho intramolecular Hbond substituents is 1. The molecule has 1 nitrogen and oxygen atoms in total. The summed E-state index contributed by atoms with van der Waals surface area (Å²) in [6, 6.07) is 3.63. The van der Waals surface area contributed by atoms with E-state index in [0.717, 1.165) is 3.57 Å². The predicted octanol–water partition coefficient (Wildman–Crippen LogP) is 3.70. The zero-order chi connectivity index (χ0) is 9.64. The molecular formula is C10H10ClIO. The molecule has 0 aliphatic heterocycles. The summed E-state index contributed by atoms with van der Waals surface area (Å²) in [5.41, 5.74) is 1.45. The molecule has 1 aliphatic rings. The maximum absolute atomic E-state index is 9.42. The average molecular weight is 309 g/mol. The second kappa shape index (κ2) is 3.02. The van der Waals surface area contributed by atoms with Crippen molar-refractivity contribution in [3.05, 3.63) is 26.3 Å². The summed E-state index contributed by atoms with van der Waals surface area (Å²) in [6.45, 7) is 2.21. The molecule has 1 aliphatic carbocycles. The third-order valence-electron chi connectivity index (χ3n) is 2.69. The van der Waals surface area contributed by atoms with Gasteiger partial charge in [-0.05, 0) is 58.5 Å². The van der Waals surface area contributed by atoms with E-state index in [1.165, 1.54) is 18.4 Å². The molecule has 13 heavy (non-hydrogen) atoms. The van der Waals surface area contributed by atoms with Crippen LogP contribution < -0.4 is 0 Å². The lowest BCUT2D eigenvalue weighted by molar-refractivity contribution is 0.471. The zero-order valence-electron chi connectivity index (χ0n) is 7.27. The summed E-state index contributed by atoms with van der Waals surface area (Å²) in [6.07, 6.45) is 2.40. The number of aromatic hydroxyl groups is 1. The molecule has 0 bridgehead atoms. The van der Waals surface area contributed by atoms with E-state index >= 15 is 0 Å². The van der Waals surface area contributed by atoms with Crippen LogP contribution >= 0.6 is 34.2 Å². The fraction of sp³-hybridized carbons (Fsp3) is 0.400. The molecule has 1 saturated carbocycles. The molecular weight excluding hydrogens is 298 g/mol. The predicted molar refractivity (Wildman–Crippen MR) is 62.4 cm³/mol. The van der Waals surface area contributed by atoms with Crippen LogP contribution in [0.5, 0.6) is 5.75 Å². The molecule has 1 aromatic rings. The molecule has 0 saturated heterocycles.